The number of nitrogens with one attached hydrogen (secondary N) is 3. The molecule has 0 bridgehead atoms. The Labute approximate surface area is 133 Å². The third-order valence-electron chi connectivity index (χ3n) is 2.67. The van der Waals surface area contributed by atoms with Crippen molar-refractivity contribution in [2.75, 3.05) is 35.0 Å². The lowest BCUT2D eigenvalue weighted by Gasteiger charge is -2.23. The number of hydrogen-bond acceptors (Lipinski definition) is 8. The van der Waals surface area contributed by atoms with Crippen molar-refractivity contribution in [3.8, 4) is 0 Å². The second-order valence-electron chi connectivity index (χ2n) is 4.15. The van der Waals surface area contributed by atoms with Crippen LogP contribution in [0.2, 0.25) is 0 Å². The van der Waals surface area contributed by atoms with Gasteiger partial charge in [-0.2, -0.15) is 0 Å². The predicted molar refractivity (Wildman–Crippen MR) is 75.7 cm³/mol. The molecule has 1 unspecified atom stereocenters. The van der Waals surface area contributed by atoms with Crippen molar-refractivity contribution in [1.82, 2.24) is 16.0 Å². The standard InChI is InChI=1S/C12H21N3O8/c1-20-9(16)8(15-12(19)23-4)5-7(14-11(18)22-3)6-13-10(17)21-2/h7-8H,5-6H2,1-4H3,(H,13,17)(H,14,18)(H,15,19)/t7?,8-/m0/s1. The van der Waals surface area contributed by atoms with Gasteiger partial charge in [-0.25, -0.2) is 19.2 Å². The van der Waals surface area contributed by atoms with Crippen LogP contribution in [0.3, 0.4) is 0 Å². The molecule has 3 N–H and O–H groups in total. The predicted octanol–water partition coefficient (Wildman–Crippen LogP) is -0.645. The Morgan fingerprint density at radius 3 is 1.78 bits per heavy atom. The molecule has 0 aromatic carbocycles. The van der Waals surface area contributed by atoms with Gasteiger partial charge in [0, 0.05) is 13.0 Å². The molecule has 0 aromatic rings. The fraction of sp³-hybridized carbons (Fsp3) is 0.667. The molecular formula is C12H21N3O8. The van der Waals surface area contributed by atoms with Crippen molar-refractivity contribution in [2.24, 2.45) is 0 Å². The van der Waals surface area contributed by atoms with E-state index in [4.69, 9.17) is 0 Å². The van der Waals surface area contributed by atoms with E-state index >= 15 is 0 Å². The lowest BCUT2D eigenvalue weighted by molar-refractivity contribution is -0.143. The van der Waals surface area contributed by atoms with Gasteiger partial charge in [0.25, 0.3) is 0 Å². The summed E-state index contributed by atoms with van der Waals surface area (Å²) in [5.41, 5.74) is 0. The number of esters is 1. The molecular weight excluding hydrogens is 314 g/mol. The summed E-state index contributed by atoms with van der Waals surface area (Å²) in [5.74, 6) is -0.745. The number of carbonyl (C=O) groups excluding carboxylic acids is 4. The molecule has 0 saturated heterocycles. The topological polar surface area (TPSA) is 141 Å². The van der Waals surface area contributed by atoms with Crippen LogP contribution in [-0.2, 0) is 23.7 Å². The summed E-state index contributed by atoms with van der Waals surface area (Å²) in [6.07, 6.45) is -2.43. The Morgan fingerprint density at radius 1 is 0.783 bits per heavy atom. The number of rotatable bonds is 7. The number of amides is 3. The van der Waals surface area contributed by atoms with Crippen LogP contribution in [0.15, 0.2) is 0 Å². The smallest absolute Gasteiger partial charge is 0.407 e. The van der Waals surface area contributed by atoms with Gasteiger partial charge in [-0.1, -0.05) is 0 Å². The van der Waals surface area contributed by atoms with E-state index in [-0.39, 0.29) is 13.0 Å². The van der Waals surface area contributed by atoms with Crippen LogP contribution in [0.25, 0.3) is 0 Å². The first-order valence-corrected chi connectivity index (χ1v) is 6.46. The Balaban J connectivity index is 4.93. The van der Waals surface area contributed by atoms with Crippen molar-refractivity contribution < 1.29 is 38.1 Å². The van der Waals surface area contributed by atoms with Gasteiger partial charge in [0.2, 0.25) is 0 Å². The average molecular weight is 335 g/mol. The molecule has 11 nitrogen and oxygen atoms in total. The van der Waals surface area contributed by atoms with Gasteiger partial charge in [0.05, 0.1) is 34.5 Å². The van der Waals surface area contributed by atoms with Gasteiger partial charge >= 0.3 is 24.2 Å². The third kappa shape index (κ3) is 8.34. The molecule has 0 saturated carbocycles. The monoisotopic (exact) mass is 335 g/mol. The fourth-order valence-corrected chi connectivity index (χ4v) is 1.54. The zero-order valence-corrected chi connectivity index (χ0v) is 13.3. The van der Waals surface area contributed by atoms with Crippen molar-refractivity contribution >= 4 is 24.2 Å². The molecule has 0 spiro atoms. The molecule has 0 aliphatic carbocycles. The SMILES string of the molecule is COC(=O)NCC(C[C@H](NC(=O)OC)C(=O)OC)NC(=O)OC. The highest BCUT2D eigenvalue weighted by atomic mass is 16.6. The maximum Gasteiger partial charge on any atom is 0.407 e. The normalized spacial score (nSPS) is 12.2. The van der Waals surface area contributed by atoms with E-state index < -0.39 is 36.3 Å². The number of methoxy groups -OCH3 is 4. The van der Waals surface area contributed by atoms with Gasteiger partial charge in [0.15, 0.2) is 0 Å². The van der Waals surface area contributed by atoms with Crippen LogP contribution in [0, 0.1) is 0 Å². The second-order valence-corrected chi connectivity index (χ2v) is 4.15. The van der Waals surface area contributed by atoms with Crippen LogP contribution in [0.1, 0.15) is 6.42 Å². The summed E-state index contributed by atoms with van der Waals surface area (Å²) in [7, 11) is 4.61. The summed E-state index contributed by atoms with van der Waals surface area (Å²) >= 11 is 0. The lowest BCUT2D eigenvalue weighted by atomic mass is 10.1. The van der Waals surface area contributed by atoms with Crippen LogP contribution in [0.4, 0.5) is 14.4 Å². The maximum atomic E-state index is 11.7. The highest BCUT2D eigenvalue weighted by molar-refractivity contribution is 5.81. The molecule has 0 aliphatic heterocycles. The zero-order chi connectivity index (χ0) is 17.8. The minimum atomic E-state index is -1.10. The van der Waals surface area contributed by atoms with E-state index in [1.54, 1.807) is 0 Å². The minimum Gasteiger partial charge on any atom is -0.467 e. The maximum absolute atomic E-state index is 11.7. The molecule has 23 heavy (non-hydrogen) atoms. The van der Waals surface area contributed by atoms with E-state index in [2.05, 4.69) is 34.9 Å². The summed E-state index contributed by atoms with van der Waals surface area (Å²) in [5, 5.41) is 7.05. The Kier molecular flexibility index (Phi) is 9.64. The van der Waals surface area contributed by atoms with Crippen molar-refractivity contribution in [3.63, 3.8) is 0 Å². The average Bonchev–Trinajstić information content (AvgIpc) is 2.57. The zero-order valence-electron chi connectivity index (χ0n) is 13.3. The van der Waals surface area contributed by atoms with E-state index in [1.165, 1.54) is 7.11 Å². The fourth-order valence-electron chi connectivity index (χ4n) is 1.54. The highest BCUT2D eigenvalue weighted by Gasteiger charge is 2.27. The molecule has 0 rings (SSSR count). The molecule has 11 heteroatoms. The molecule has 0 aromatic heterocycles. The van der Waals surface area contributed by atoms with Gasteiger partial charge in [-0.3, -0.25) is 0 Å². The van der Waals surface area contributed by atoms with E-state index in [0.717, 1.165) is 21.3 Å². The van der Waals surface area contributed by atoms with Crippen LogP contribution in [-0.4, -0.2) is 71.3 Å². The Bertz CT molecular complexity index is 429. The van der Waals surface area contributed by atoms with Crippen molar-refractivity contribution in [2.45, 2.75) is 18.5 Å². The molecule has 0 radical (unpaired) electrons. The van der Waals surface area contributed by atoms with E-state index in [1.807, 2.05) is 0 Å². The summed E-state index contributed by atoms with van der Waals surface area (Å²) in [4.78, 5) is 45.4. The largest absolute Gasteiger partial charge is 0.467 e. The summed E-state index contributed by atoms with van der Waals surface area (Å²) in [6.45, 7) is -0.0713. The quantitative estimate of drug-likeness (QED) is 0.412. The number of hydrogen-bond donors (Lipinski definition) is 3. The first-order chi connectivity index (χ1) is 10.9. The van der Waals surface area contributed by atoms with Gasteiger partial charge in [-0.05, 0) is 0 Å². The number of carbonyl (C=O) groups is 4. The van der Waals surface area contributed by atoms with E-state index in [9.17, 15) is 19.2 Å². The van der Waals surface area contributed by atoms with Gasteiger partial charge < -0.3 is 34.9 Å². The summed E-state index contributed by atoms with van der Waals surface area (Å²) in [6, 6.07) is -1.85. The van der Waals surface area contributed by atoms with Crippen LogP contribution >= 0.6 is 0 Å². The van der Waals surface area contributed by atoms with Crippen molar-refractivity contribution in [3.05, 3.63) is 0 Å². The molecule has 3 amide bonds. The second kappa shape index (κ2) is 10.9. The van der Waals surface area contributed by atoms with Gasteiger partial charge in [-0.15, -0.1) is 0 Å². The van der Waals surface area contributed by atoms with Crippen LogP contribution in [0.5, 0.6) is 0 Å². The minimum absolute atomic E-state index is 0.0713. The molecule has 132 valence electrons. The summed E-state index contributed by atoms with van der Waals surface area (Å²) < 4.78 is 17.9. The molecule has 0 fully saturated rings. The van der Waals surface area contributed by atoms with E-state index in [0.29, 0.717) is 0 Å². The van der Waals surface area contributed by atoms with Crippen LogP contribution < -0.4 is 16.0 Å². The Hall–Kier alpha value is -2.72. The first kappa shape index (κ1) is 20.3. The molecule has 0 heterocycles. The molecule has 0 aliphatic rings. The van der Waals surface area contributed by atoms with Gasteiger partial charge in [0.1, 0.15) is 6.04 Å². The number of alkyl carbamates (subject to hydrolysis) is 3. The number of ether oxygens (including phenoxy) is 4. The Morgan fingerprint density at radius 2 is 1.30 bits per heavy atom. The van der Waals surface area contributed by atoms with Crippen molar-refractivity contribution in [1.29, 1.82) is 0 Å². The molecule has 2 atom stereocenters. The first-order valence-electron chi connectivity index (χ1n) is 6.46. The highest BCUT2D eigenvalue weighted by Crippen LogP contribution is 2.02. The lowest BCUT2D eigenvalue weighted by Crippen LogP contribution is -2.50. The third-order valence-corrected chi connectivity index (χ3v) is 2.67.